The van der Waals surface area contributed by atoms with Crippen LogP contribution in [0.3, 0.4) is 0 Å². The third-order valence-corrected chi connectivity index (χ3v) is 1.84. The van der Waals surface area contributed by atoms with E-state index >= 15 is 0 Å². The van der Waals surface area contributed by atoms with Gasteiger partial charge in [0.2, 0.25) is 0 Å². The van der Waals surface area contributed by atoms with Crippen molar-refractivity contribution in [2.24, 2.45) is 0 Å². The first-order valence-corrected chi connectivity index (χ1v) is 4.17. The molecule has 0 N–H and O–H groups in total. The molecule has 3 nitrogen and oxygen atoms in total. The Balaban J connectivity index is 2.43. The molecule has 0 aromatic carbocycles. The van der Waals surface area contributed by atoms with Gasteiger partial charge in [-0.3, -0.25) is 0 Å². The molecule has 0 saturated heterocycles. The van der Waals surface area contributed by atoms with E-state index in [2.05, 4.69) is 25.9 Å². The molecule has 12 heavy (non-hydrogen) atoms. The van der Waals surface area contributed by atoms with Gasteiger partial charge in [-0.05, 0) is 28.1 Å². The van der Waals surface area contributed by atoms with Crippen LogP contribution in [0.15, 0.2) is 39.9 Å². The average molecular weight is 225 g/mol. The topological polar surface area (TPSA) is 38.9 Å². The molecule has 0 spiro atoms. The lowest BCUT2D eigenvalue weighted by Gasteiger charge is -1.93. The molecule has 60 valence electrons. The Morgan fingerprint density at radius 2 is 2.00 bits per heavy atom. The van der Waals surface area contributed by atoms with Gasteiger partial charge in [0.05, 0.1) is 11.8 Å². The number of hydrogen-bond donors (Lipinski definition) is 0. The molecular formula is C8H5BrN2O. The van der Waals surface area contributed by atoms with Crippen molar-refractivity contribution in [1.82, 2.24) is 9.97 Å². The lowest BCUT2D eigenvalue weighted by molar-refractivity contribution is 0.581. The first-order valence-electron chi connectivity index (χ1n) is 3.38. The number of aromatic nitrogens is 2. The molecule has 2 aromatic rings. The minimum absolute atomic E-state index is 0.581. The van der Waals surface area contributed by atoms with Crippen LogP contribution in [-0.2, 0) is 0 Å². The Labute approximate surface area is 77.6 Å². The van der Waals surface area contributed by atoms with Crippen LogP contribution in [0.2, 0.25) is 0 Å². The zero-order valence-electron chi connectivity index (χ0n) is 6.07. The third-order valence-electron chi connectivity index (χ3n) is 1.43. The molecule has 4 heteroatoms. The van der Waals surface area contributed by atoms with Gasteiger partial charge < -0.3 is 4.42 Å². The summed E-state index contributed by atoms with van der Waals surface area (Å²) in [4.78, 5) is 7.96. The maximum atomic E-state index is 5.16. The highest BCUT2D eigenvalue weighted by Gasteiger charge is 2.00. The lowest BCUT2D eigenvalue weighted by Crippen LogP contribution is -1.82. The van der Waals surface area contributed by atoms with E-state index in [0.717, 1.165) is 11.3 Å². The van der Waals surface area contributed by atoms with Crippen LogP contribution in [0.1, 0.15) is 0 Å². The fraction of sp³-hybridized carbons (Fsp3) is 0. The lowest BCUT2D eigenvalue weighted by atomic mass is 10.3. The van der Waals surface area contributed by atoms with Crippen LogP contribution < -0.4 is 0 Å². The summed E-state index contributed by atoms with van der Waals surface area (Å²) in [5.74, 6) is 0.780. The molecule has 0 amide bonds. The summed E-state index contributed by atoms with van der Waals surface area (Å²) in [5, 5.41) is 0. The molecule has 0 unspecified atom stereocenters. The monoisotopic (exact) mass is 224 g/mol. The molecule has 0 aliphatic heterocycles. The van der Waals surface area contributed by atoms with Crippen LogP contribution in [0, 0.1) is 0 Å². The van der Waals surface area contributed by atoms with Crippen LogP contribution >= 0.6 is 15.9 Å². The number of halogens is 1. The molecule has 0 bridgehead atoms. The van der Waals surface area contributed by atoms with Gasteiger partial charge >= 0.3 is 0 Å². The predicted molar refractivity (Wildman–Crippen MR) is 47.4 cm³/mol. The van der Waals surface area contributed by atoms with E-state index in [1.807, 2.05) is 12.1 Å². The van der Waals surface area contributed by atoms with Crippen molar-refractivity contribution < 1.29 is 4.42 Å². The summed E-state index contributed by atoms with van der Waals surface area (Å²) < 4.78 is 5.75. The molecule has 2 aromatic heterocycles. The van der Waals surface area contributed by atoms with E-state index in [1.54, 1.807) is 18.7 Å². The van der Waals surface area contributed by atoms with Crippen molar-refractivity contribution in [1.29, 1.82) is 0 Å². The van der Waals surface area contributed by atoms with E-state index in [9.17, 15) is 0 Å². The quantitative estimate of drug-likeness (QED) is 0.700. The SMILES string of the molecule is Brc1ncc(-c2ccco2)cn1. The number of nitrogens with zero attached hydrogens (tertiary/aromatic N) is 2. The van der Waals surface area contributed by atoms with Crippen molar-refractivity contribution >= 4 is 15.9 Å². The largest absolute Gasteiger partial charge is 0.464 e. The fourth-order valence-corrected chi connectivity index (χ4v) is 1.09. The number of hydrogen-bond acceptors (Lipinski definition) is 3. The van der Waals surface area contributed by atoms with Crippen LogP contribution in [0.5, 0.6) is 0 Å². The van der Waals surface area contributed by atoms with E-state index < -0.39 is 0 Å². The molecule has 2 rings (SSSR count). The Hall–Kier alpha value is -1.16. The normalized spacial score (nSPS) is 10.1. The summed E-state index contributed by atoms with van der Waals surface area (Å²) in [6.45, 7) is 0. The zero-order chi connectivity index (χ0) is 8.39. The van der Waals surface area contributed by atoms with Gasteiger partial charge in [-0.1, -0.05) is 0 Å². The first-order chi connectivity index (χ1) is 5.86. The maximum Gasteiger partial charge on any atom is 0.196 e. The van der Waals surface area contributed by atoms with Gasteiger partial charge in [0.25, 0.3) is 0 Å². The van der Waals surface area contributed by atoms with Crippen molar-refractivity contribution in [3.63, 3.8) is 0 Å². The summed E-state index contributed by atoms with van der Waals surface area (Å²) >= 11 is 3.16. The van der Waals surface area contributed by atoms with E-state index in [0.29, 0.717) is 4.73 Å². The van der Waals surface area contributed by atoms with Gasteiger partial charge in [-0.25, -0.2) is 9.97 Å². The van der Waals surface area contributed by atoms with Crippen molar-refractivity contribution in [3.05, 3.63) is 35.5 Å². The van der Waals surface area contributed by atoms with Crippen molar-refractivity contribution in [3.8, 4) is 11.3 Å². The average Bonchev–Trinajstić information content (AvgIpc) is 2.58. The summed E-state index contributed by atoms with van der Waals surface area (Å²) in [6, 6.07) is 3.70. The van der Waals surface area contributed by atoms with Crippen LogP contribution in [0.4, 0.5) is 0 Å². The molecule has 0 aliphatic rings. The van der Waals surface area contributed by atoms with Crippen LogP contribution in [0.25, 0.3) is 11.3 Å². The second kappa shape index (κ2) is 3.06. The molecular weight excluding hydrogens is 220 g/mol. The molecule has 0 atom stereocenters. The third kappa shape index (κ3) is 1.38. The van der Waals surface area contributed by atoms with Gasteiger partial charge in [0, 0.05) is 12.4 Å². The molecule has 0 radical (unpaired) electrons. The van der Waals surface area contributed by atoms with Crippen molar-refractivity contribution in [2.45, 2.75) is 0 Å². The Kier molecular flexibility index (Phi) is 1.91. The first kappa shape index (κ1) is 7.49. The molecule has 0 saturated carbocycles. The highest BCUT2D eigenvalue weighted by molar-refractivity contribution is 9.10. The summed E-state index contributed by atoms with van der Waals surface area (Å²) in [5.41, 5.74) is 0.878. The molecule has 0 fully saturated rings. The molecule has 0 aliphatic carbocycles. The minimum Gasteiger partial charge on any atom is -0.464 e. The summed E-state index contributed by atoms with van der Waals surface area (Å²) in [6.07, 6.45) is 5.03. The second-order valence-corrected chi connectivity index (χ2v) is 2.93. The van der Waals surface area contributed by atoms with Crippen molar-refractivity contribution in [2.75, 3.05) is 0 Å². The van der Waals surface area contributed by atoms with Gasteiger partial charge in [0.15, 0.2) is 4.73 Å². The highest BCUT2D eigenvalue weighted by atomic mass is 79.9. The van der Waals surface area contributed by atoms with E-state index in [-0.39, 0.29) is 0 Å². The van der Waals surface area contributed by atoms with E-state index in [1.165, 1.54) is 0 Å². The van der Waals surface area contributed by atoms with Gasteiger partial charge in [-0.15, -0.1) is 0 Å². The number of furan rings is 1. The van der Waals surface area contributed by atoms with Gasteiger partial charge in [-0.2, -0.15) is 0 Å². The predicted octanol–water partition coefficient (Wildman–Crippen LogP) is 2.50. The Morgan fingerprint density at radius 3 is 2.58 bits per heavy atom. The smallest absolute Gasteiger partial charge is 0.196 e. The standard InChI is InChI=1S/C8H5BrN2O/c9-8-10-4-6(5-11-8)7-2-1-3-12-7/h1-5H. The fourth-order valence-electron chi connectivity index (χ4n) is 0.882. The minimum atomic E-state index is 0.581. The summed E-state index contributed by atoms with van der Waals surface area (Å²) in [7, 11) is 0. The van der Waals surface area contributed by atoms with Crippen LogP contribution in [-0.4, -0.2) is 9.97 Å². The zero-order valence-corrected chi connectivity index (χ0v) is 7.65. The second-order valence-electron chi connectivity index (χ2n) is 2.22. The van der Waals surface area contributed by atoms with E-state index in [4.69, 9.17) is 4.42 Å². The van der Waals surface area contributed by atoms with Gasteiger partial charge in [0.1, 0.15) is 5.76 Å². The molecule has 2 heterocycles. The number of rotatable bonds is 1. The Morgan fingerprint density at radius 1 is 1.25 bits per heavy atom. The highest BCUT2D eigenvalue weighted by Crippen LogP contribution is 2.17. The maximum absolute atomic E-state index is 5.16. The Bertz CT molecular complexity index is 355.